The van der Waals surface area contributed by atoms with Crippen LogP contribution in [-0.4, -0.2) is 68.8 Å². The van der Waals surface area contributed by atoms with E-state index in [9.17, 15) is 18.0 Å². The molecular formula is C22H29N3O6S. The van der Waals surface area contributed by atoms with Crippen molar-refractivity contribution in [3.63, 3.8) is 0 Å². The second-order valence-electron chi connectivity index (χ2n) is 8.01. The highest BCUT2D eigenvalue weighted by molar-refractivity contribution is 7.89. The molecule has 1 aliphatic rings. The Morgan fingerprint density at radius 2 is 1.88 bits per heavy atom. The number of morpholine rings is 1. The number of rotatable bonds is 8. The van der Waals surface area contributed by atoms with Gasteiger partial charge < -0.3 is 19.4 Å². The van der Waals surface area contributed by atoms with E-state index in [-0.39, 0.29) is 41.9 Å². The monoisotopic (exact) mass is 463 g/mol. The molecule has 0 unspecified atom stereocenters. The summed E-state index contributed by atoms with van der Waals surface area (Å²) >= 11 is 0. The van der Waals surface area contributed by atoms with Crippen LogP contribution in [0.3, 0.4) is 0 Å². The molecule has 10 heteroatoms. The Hall–Kier alpha value is -2.69. The van der Waals surface area contributed by atoms with Crippen LogP contribution in [0.1, 0.15) is 30.0 Å². The fourth-order valence-corrected chi connectivity index (χ4v) is 4.88. The van der Waals surface area contributed by atoms with Crippen molar-refractivity contribution in [3.05, 3.63) is 54.0 Å². The summed E-state index contributed by atoms with van der Waals surface area (Å²) in [4.78, 5) is 27.4. The van der Waals surface area contributed by atoms with E-state index < -0.39 is 22.0 Å². The van der Waals surface area contributed by atoms with Crippen LogP contribution in [-0.2, 0) is 26.1 Å². The Morgan fingerprint density at radius 3 is 2.50 bits per heavy atom. The van der Waals surface area contributed by atoms with Gasteiger partial charge in [-0.15, -0.1) is 0 Å². The van der Waals surface area contributed by atoms with E-state index in [4.69, 9.17) is 9.15 Å². The second-order valence-corrected chi connectivity index (χ2v) is 9.95. The summed E-state index contributed by atoms with van der Waals surface area (Å²) in [5.74, 6) is -0.314. The normalized spacial score (nSPS) is 16.0. The lowest BCUT2D eigenvalue weighted by Gasteiger charge is -2.27. The zero-order chi connectivity index (χ0) is 23.3. The average molecular weight is 464 g/mol. The Bertz CT molecular complexity index is 1030. The molecule has 0 saturated carbocycles. The van der Waals surface area contributed by atoms with Gasteiger partial charge >= 0.3 is 0 Å². The largest absolute Gasteiger partial charge is 0.467 e. The van der Waals surface area contributed by atoms with Gasteiger partial charge in [0, 0.05) is 25.7 Å². The lowest BCUT2D eigenvalue weighted by Crippen LogP contribution is -2.50. The number of carbonyl (C=O) groups excluding carboxylic acids is 2. The van der Waals surface area contributed by atoms with Crippen LogP contribution in [0.25, 0.3) is 0 Å². The van der Waals surface area contributed by atoms with Crippen molar-refractivity contribution in [2.45, 2.75) is 31.3 Å². The molecule has 1 aromatic carbocycles. The van der Waals surface area contributed by atoms with Crippen molar-refractivity contribution in [2.75, 3.05) is 33.4 Å². The molecule has 0 bridgehead atoms. The molecule has 1 saturated heterocycles. The molecule has 9 nitrogen and oxygen atoms in total. The van der Waals surface area contributed by atoms with Gasteiger partial charge in [-0.1, -0.05) is 19.9 Å². The summed E-state index contributed by atoms with van der Waals surface area (Å²) in [6.45, 7) is 5.16. The zero-order valence-electron chi connectivity index (χ0n) is 18.5. The molecule has 3 rings (SSSR count). The first-order chi connectivity index (χ1) is 15.2. The maximum Gasteiger partial charge on any atom is 0.251 e. The van der Waals surface area contributed by atoms with E-state index in [1.165, 1.54) is 39.7 Å². The highest BCUT2D eigenvalue weighted by atomic mass is 32.2. The number of carbonyl (C=O) groups is 2. The number of furan rings is 1. The molecule has 32 heavy (non-hydrogen) atoms. The molecule has 2 aromatic rings. The van der Waals surface area contributed by atoms with Crippen LogP contribution in [0, 0.1) is 5.92 Å². The fraction of sp³-hybridized carbons (Fsp3) is 0.455. The zero-order valence-corrected chi connectivity index (χ0v) is 19.3. The van der Waals surface area contributed by atoms with Crippen LogP contribution in [0.5, 0.6) is 0 Å². The summed E-state index contributed by atoms with van der Waals surface area (Å²) in [7, 11) is -2.09. The highest BCUT2D eigenvalue weighted by Gasteiger charge is 2.30. The van der Waals surface area contributed by atoms with Crippen LogP contribution >= 0.6 is 0 Å². The van der Waals surface area contributed by atoms with E-state index in [0.29, 0.717) is 19.0 Å². The molecule has 174 valence electrons. The summed E-state index contributed by atoms with van der Waals surface area (Å²) < 4.78 is 37.7. The van der Waals surface area contributed by atoms with Crippen molar-refractivity contribution in [1.29, 1.82) is 0 Å². The molecule has 1 N–H and O–H groups in total. The minimum absolute atomic E-state index is 0.0365. The number of benzene rings is 1. The summed E-state index contributed by atoms with van der Waals surface area (Å²) in [5.41, 5.74) is 0.173. The first-order valence-corrected chi connectivity index (χ1v) is 11.9. The molecular weight excluding hydrogens is 434 g/mol. The van der Waals surface area contributed by atoms with Gasteiger partial charge in [-0.25, -0.2) is 8.42 Å². The van der Waals surface area contributed by atoms with Gasteiger partial charge in [-0.3, -0.25) is 9.59 Å². The average Bonchev–Trinajstić information content (AvgIpc) is 3.30. The van der Waals surface area contributed by atoms with Gasteiger partial charge in [0.25, 0.3) is 5.91 Å². The van der Waals surface area contributed by atoms with Gasteiger partial charge in [0.05, 0.1) is 30.9 Å². The third kappa shape index (κ3) is 5.56. The van der Waals surface area contributed by atoms with Gasteiger partial charge in [0.2, 0.25) is 15.9 Å². The van der Waals surface area contributed by atoms with Crippen molar-refractivity contribution >= 4 is 21.8 Å². The van der Waals surface area contributed by atoms with E-state index in [2.05, 4.69) is 5.32 Å². The number of sulfonamides is 1. The van der Waals surface area contributed by atoms with Crippen molar-refractivity contribution in [3.8, 4) is 0 Å². The van der Waals surface area contributed by atoms with E-state index in [0.717, 1.165) is 0 Å². The first-order valence-electron chi connectivity index (χ1n) is 10.5. The van der Waals surface area contributed by atoms with E-state index in [1.807, 2.05) is 13.8 Å². The number of amides is 2. The predicted octanol–water partition coefficient (Wildman–Crippen LogP) is 1.71. The molecule has 0 aliphatic carbocycles. The smallest absolute Gasteiger partial charge is 0.251 e. The van der Waals surface area contributed by atoms with Crippen molar-refractivity contribution < 1.29 is 27.2 Å². The van der Waals surface area contributed by atoms with Gasteiger partial charge in [-0.05, 0) is 36.2 Å². The molecule has 0 radical (unpaired) electrons. The third-order valence-corrected chi connectivity index (χ3v) is 7.17. The van der Waals surface area contributed by atoms with Crippen molar-refractivity contribution in [1.82, 2.24) is 14.5 Å². The Labute approximate surface area is 188 Å². The topological polar surface area (TPSA) is 109 Å². The third-order valence-electron chi connectivity index (χ3n) is 5.27. The molecule has 1 aliphatic heterocycles. The van der Waals surface area contributed by atoms with Gasteiger partial charge in [0.15, 0.2) is 0 Å². The number of nitrogens with zero attached hydrogens (tertiary/aromatic N) is 2. The summed E-state index contributed by atoms with van der Waals surface area (Å²) in [6, 6.07) is 8.60. The Morgan fingerprint density at radius 1 is 1.16 bits per heavy atom. The number of hydrogen-bond acceptors (Lipinski definition) is 6. The highest BCUT2D eigenvalue weighted by Crippen LogP contribution is 2.19. The number of hydrogen-bond donors (Lipinski definition) is 1. The minimum Gasteiger partial charge on any atom is -0.467 e. The Balaban J connectivity index is 1.74. The molecule has 2 heterocycles. The molecule has 1 aromatic heterocycles. The number of likely N-dealkylation sites (N-methyl/N-ethyl adjacent to an activating group) is 1. The van der Waals surface area contributed by atoms with Crippen LogP contribution < -0.4 is 5.32 Å². The first kappa shape index (κ1) is 24.0. The van der Waals surface area contributed by atoms with Crippen molar-refractivity contribution in [2.24, 2.45) is 5.92 Å². The molecule has 0 spiro atoms. The predicted molar refractivity (Wildman–Crippen MR) is 117 cm³/mol. The lowest BCUT2D eigenvalue weighted by molar-refractivity contribution is -0.133. The van der Waals surface area contributed by atoms with Crippen LogP contribution in [0.2, 0.25) is 0 Å². The van der Waals surface area contributed by atoms with Gasteiger partial charge in [0.1, 0.15) is 11.8 Å². The minimum atomic E-state index is -3.73. The van der Waals surface area contributed by atoms with Crippen LogP contribution in [0.4, 0.5) is 0 Å². The molecule has 1 fully saturated rings. The number of nitrogens with one attached hydrogen (secondary N) is 1. The summed E-state index contributed by atoms with van der Waals surface area (Å²) in [5, 5.41) is 2.76. The Kier molecular flexibility index (Phi) is 7.70. The second kappa shape index (κ2) is 10.3. The standard InChI is InChI=1S/C22H29N3O6S/c1-16(2)20(22(27)24(3)15-18-7-5-11-31-18)23-21(26)17-6-4-8-19(14-17)32(28,29)25-9-12-30-13-10-25/h4-8,11,14,16,20H,9-10,12-13,15H2,1-3H3,(H,23,26)/t20-/m0/s1. The van der Waals surface area contributed by atoms with Gasteiger partial charge in [-0.2, -0.15) is 4.31 Å². The lowest BCUT2D eigenvalue weighted by atomic mass is 10.0. The maximum absolute atomic E-state index is 13.0. The fourth-order valence-electron chi connectivity index (χ4n) is 3.42. The SMILES string of the molecule is CC(C)[C@H](NC(=O)c1cccc(S(=O)(=O)N2CCOCC2)c1)C(=O)N(C)Cc1ccco1. The quantitative estimate of drug-likeness (QED) is 0.638. The summed E-state index contributed by atoms with van der Waals surface area (Å²) in [6.07, 6.45) is 1.54. The molecule has 1 atom stereocenters. The molecule has 2 amide bonds. The van der Waals surface area contributed by atoms with Crippen LogP contribution in [0.15, 0.2) is 52.0 Å². The maximum atomic E-state index is 13.0. The van der Waals surface area contributed by atoms with E-state index in [1.54, 1.807) is 19.2 Å². The van der Waals surface area contributed by atoms with E-state index >= 15 is 0 Å². The number of ether oxygens (including phenoxy) is 1.